The predicted octanol–water partition coefficient (Wildman–Crippen LogP) is 4.63. The molecule has 0 aliphatic carbocycles. The van der Waals surface area contributed by atoms with Crippen molar-refractivity contribution in [2.75, 3.05) is 0 Å². The highest BCUT2D eigenvalue weighted by Gasteiger charge is 2.17. The molecule has 0 bridgehead atoms. The quantitative estimate of drug-likeness (QED) is 0.561. The van der Waals surface area contributed by atoms with Gasteiger partial charge in [-0.2, -0.15) is 0 Å². The molecule has 1 aliphatic rings. The van der Waals surface area contributed by atoms with Gasteiger partial charge in [0.15, 0.2) is 3.95 Å². The number of carbonyl (C=O) groups is 1. The van der Waals surface area contributed by atoms with E-state index in [1.807, 2.05) is 24.3 Å². The summed E-state index contributed by atoms with van der Waals surface area (Å²) >= 11 is 6.55. The number of nitrogens with zero attached hydrogens (tertiary/aromatic N) is 2. The van der Waals surface area contributed by atoms with E-state index in [9.17, 15) is 15.0 Å². The van der Waals surface area contributed by atoms with Gasteiger partial charge in [-0.1, -0.05) is 18.2 Å². The highest BCUT2D eigenvalue weighted by atomic mass is 32.1. The van der Waals surface area contributed by atoms with Crippen LogP contribution in [0.4, 0.5) is 5.69 Å². The maximum Gasteiger partial charge on any atom is 0.339 e. The van der Waals surface area contributed by atoms with Crippen LogP contribution in [-0.4, -0.2) is 32.1 Å². The number of thiazole rings is 1. The Morgan fingerprint density at radius 3 is 2.70 bits per heavy atom. The number of aliphatic imine (C=N–C) groups is 1. The van der Waals surface area contributed by atoms with Crippen LogP contribution in [0.2, 0.25) is 0 Å². The van der Waals surface area contributed by atoms with Crippen molar-refractivity contribution >= 4 is 53.1 Å². The average molecular weight is 396 g/mol. The van der Waals surface area contributed by atoms with Crippen LogP contribution in [0, 0.1) is 3.95 Å². The highest BCUT2D eigenvalue weighted by molar-refractivity contribution is 7.73. The summed E-state index contributed by atoms with van der Waals surface area (Å²) in [6.45, 7) is 0. The molecule has 0 unspecified atom stereocenters. The maximum atomic E-state index is 11.0. The van der Waals surface area contributed by atoms with E-state index in [0.29, 0.717) is 14.5 Å². The summed E-state index contributed by atoms with van der Waals surface area (Å²) in [6, 6.07) is 11.7. The molecule has 2 aromatic carbocycles. The summed E-state index contributed by atoms with van der Waals surface area (Å²) < 4.78 is 1.75. The number of benzene rings is 2. The molecule has 4 rings (SSSR count). The SMILES string of the molecule is O=C(O)c1ccc(-n2c(O)c(/C=C3\C=Nc4ccccc43)sc2=S)cc1O. The molecule has 1 aromatic heterocycles. The summed E-state index contributed by atoms with van der Waals surface area (Å²) in [7, 11) is 0. The molecule has 0 radical (unpaired) electrons. The summed E-state index contributed by atoms with van der Waals surface area (Å²) in [4.78, 5) is 15.9. The molecular formula is C19H12N2O4S2. The molecular weight excluding hydrogens is 384 g/mol. The van der Waals surface area contributed by atoms with Crippen LogP contribution in [0.25, 0.3) is 17.3 Å². The van der Waals surface area contributed by atoms with E-state index in [0.717, 1.165) is 16.8 Å². The average Bonchev–Trinajstić information content (AvgIpc) is 3.16. The van der Waals surface area contributed by atoms with Crippen molar-refractivity contribution in [3.8, 4) is 17.3 Å². The van der Waals surface area contributed by atoms with Crippen molar-refractivity contribution in [3.05, 3.63) is 62.4 Å². The standard InChI is InChI=1S/C19H12N2O4S2/c22-15-8-11(5-6-13(15)18(24)25)21-17(23)16(27-19(21)26)7-10-9-20-14-4-2-1-3-12(10)14/h1-9,22-23H,(H,24,25)/b10-7+. The zero-order valence-corrected chi connectivity index (χ0v) is 15.3. The van der Waals surface area contributed by atoms with E-state index in [-0.39, 0.29) is 11.4 Å². The Hall–Kier alpha value is -3.23. The number of allylic oxidation sites excluding steroid dienone is 1. The monoisotopic (exact) mass is 396 g/mol. The number of rotatable bonds is 3. The van der Waals surface area contributed by atoms with E-state index in [2.05, 4.69) is 4.99 Å². The number of carboxylic acid groups (broad SMARTS) is 1. The third-order valence-electron chi connectivity index (χ3n) is 4.13. The third kappa shape index (κ3) is 2.94. The number of aromatic nitrogens is 1. The van der Waals surface area contributed by atoms with Crippen molar-refractivity contribution in [1.82, 2.24) is 4.57 Å². The van der Waals surface area contributed by atoms with E-state index >= 15 is 0 Å². The number of para-hydroxylation sites is 1. The lowest BCUT2D eigenvalue weighted by molar-refractivity contribution is 0.0694. The minimum absolute atomic E-state index is 0.0854. The summed E-state index contributed by atoms with van der Waals surface area (Å²) in [5.74, 6) is -1.72. The van der Waals surface area contributed by atoms with Gasteiger partial charge in [0.25, 0.3) is 0 Å². The number of fused-ring (bicyclic) bond motifs is 1. The molecule has 0 saturated carbocycles. The van der Waals surface area contributed by atoms with E-state index < -0.39 is 11.7 Å². The zero-order chi connectivity index (χ0) is 19.1. The third-order valence-corrected chi connectivity index (χ3v) is 5.44. The zero-order valence-electron chi connectivity index (χ0n) is 13.7. The molecule has 8 heteroatoms. The lowest BCUT2D eigenvalue weighted by Gasteiger charge is -2.07. The molecule has 3 aromatic rings. The largest absolute Gasteiger partial charge is 0.507 e. The first-order valence-electron chi connectivity index (χ1n) is 7.82. The minimum Gasteiger partial charge on any atom is -0.507 e. The minimum atomic E-state index is -1.23. The van der Waals surface area contributed by atoms with Gasteiger partial charge >= 0.3 is 5.97 Å². The van der Waals surface area contributed by atoms with Gasteiger partial charge in [0, 0.05) is 23.4 Å². The molecule has 0 spiro atoms. The van der Waals surface area contributed by atoms with Crippen molar-refractivity contribution in [2.24, 2.45) is 4.99 Å². The smallest absolute Gasteiger partial charge is 0.339 e. The maximum absolute atomic E-state index is 11.0. The summed E-state index contributed by atoms with van der Waals surface area (Å²) in [5.41, 5.74) is 2.84. The Labute approximate surface area is 162 Å². The van der Waals surface area contributed by atoms with Crippen LogP contribution in [0.3, 0.4) is 0 Å². The van der Waals surface area contributed by atoms with Crippen LogP contribution < -0.4 is 0 Å². The number of aromatic carboxylic acids is 1. The van der Waals surface area contributed by atoms with Crippen molar-refractivity contribution in [1.29, 1.82) is 0 Å². The fourth-order valence-electron chi connectivity index (χ4n) is 2.84. The van der Waals surface area contributed by atoms with Gasteiger partial charge in [0.05, 0.1) is 16.3 Å². The first-order chi connectivity index (χ1) is 13.0. The number of hydrogen-bond donors (Lipinski definition) is 3. The van der Waals surface area contributed by atoms with Crippen LogP contribution in [0.15, 0.2) is 47.5 Å². The molecule has 0 amide bonds. The van der Waals surface area contributed by atoms with Crippen LogP contribution in [0.1, 0.15) is 20.8 Å². The normalized spacial score (nSPS) is 13.9. The number of hydrogen-bond acceptors (Lipinski definition) is 6. The molecule has 0 saturated heterocycles. The second-order valence-corrected chi connectivity index (χ2v) is 7.45. The van der Waals surface area contributed by atoms with E-state index in [1.54, 1.807) is 12.3 Å². The molecule has 134 valence electrons. The van der Waals surface area contributed by atoms with Gasteiger partial charge in [-0.25, -0.2) is 4.79 Å². The van der Waals surface area contributed by atoms with Gasteiger partial charge in [-0.05, 0) is 36.5 Å². The van der Waals surface area contributed by atoms with Gasteiger partial charge in [-0.15, -0.1) is 11.3 Å². The topological polar surface area (TPSA) is 95.0 Å². The first kappa shape index (κ1) is 17.2. The van der Waals surface area contributed by atoms with Gasteiger partial charge in [0.1, 0.15) is 11.3 Å². The number of aromatic hydroxyl groups is 2. The van der Waals surface area contributed by atoms with Crippen molar-refractivity contribution < 1.29 is 20.1 Å². The Kier molecular flexibility index (Phi) is 4.14. The van der Waals surface area contributed by atoms with E-state index in [4.69, 9.17) is 17.3 Å². The second-order valence-electron chi connectivity index (χ2n) is 5.77. The van der Waals surface area contributed by atoms with Crippen LogP contribution in [0.5, 0.6) is 11.6 Å². The molecule has 3 N–H and O–H groups in total. The van der Waals surface area contributed by atoms with Gasteiger partial charge in [-0.3, -0.25) is 9.56 Å². The Morgan fingerprint density at radius 1 is 1.19 bits per heavy atom. The lowest BCUT2D eigenvalue weighted by Crippen LogP contribution is -1.99. The molecule has 6 nitrogen and oxygen atoms in total. The second kappa shape index (κ2) is 6.49. The van der Waals surface area contributed by atoms with Gasteiger partial charge < -0.3 is 15.3 Å². The van der Waals surface area contributed by atoms with Crippen LogP contribution in [-0.2, 0) is 0 Å². The van der Waals surface area contributed by atoms with Crippen LogP contribution >= 0.6 is 23.6 Å². The summed E-state index contributed by atoms with van der Waals surface area (Å²) in [6.07, 6.45) is 3.53. The fraction of sp³-hybridized carbons (Fsp3) is 0. The van der Waals surface area contributed by atoms with Crippen molar-refractivity contribution in [3.63, 3.8) is 0 Å². The molecule has 27 heavy (non-hydrogen) atoms. The highest BCUT2D eigenvalue weighted by Crippen LogP contribution is 2.37. The fourth-order valence-corrected chi connectivity index (χ4v) is 4.14. The Morgan fingerprint density at radius 2 is 1.96 bits per heavy atom. The molecule has 1 aliphatic heterocycles. The molecule has 0 fully saturated rings. The number of carboxylic acids is 1. The van der Waals surface area contributed by atoms with Gasteiger partial charge in [0.2, 0.25) is 5.88 Å². The lowest BCUT2D eigenvalue weighted by atomic mass is 10.1. The molecule has 0 atom stereocenters. The summed E-state index contributed by atoms with van der Waals surface area (Å²) in [5, 5.41) is 29.6. The number of phenols is 1. The Bertz CT molecular complexity index is 1200. The first-order valence-corrected chi connectivity index (χ1v) is 9.05. The van der Waals surface area contributed by atoms with E-state index in [1.165, 1.54) is 34.1 Å². The van der Waals surface area contributed by atoms with Crippen molar-refractivity contribution in [2.45, 2.75) is 0 Å². The predicted molar refractivity (Wildman–Crippen MR) is 107 cm³/mol. The Balaban J connectivity index is 1.79. The molecule has 2 heterocycles.